The summed E-state index contributed by atoms with van der Waals surface area (Å²) in [5.74, 6) is 1.26. The average molecular weight is 180 g/mol. The predicted molar refractivity (Wildman–Crippen MR) is 43.4 cm³/mol. The van der Waals surface area contributed by atoms with Crippen molar-refractivity contribution in [3.63, 3.8) is 0 Å². The molecule has 4 heteroatoms. The lowest BCUT2D eigenvalue weighted by Crippen LogP contribution is -1.97. The summed E-state index contributed by atoms with van der Waals surface area (Å²) in [7, 11) is 0. The van der Waals surface area contributed by atoms with Crippen LogP contribution in [0.5, 0.6) is 11.5 Å². The third-order valence-corrected chi connectivity index (χ3v) is 1.72. The second-order valence-electron chi connectivity index (χ2n) is 2.59. The smallest absolute Gasteiger partial charge is 0.174 e. The number of benzene rings is 1. The Bertz CT molecular complexity index is 321. The van der Waals surface area contributed by atoms with Crippen LogP contribution < -0.4 is 9.62 Å². The summed E-state index contributed by atoms with van der Waals surface area (Å²) in [4.78, 5) is 19.6. The molecule has 1 aromatic carbocycles. The van der Waals surface area contributed by atoms with Gasteiger partial charge in [-0.15, -0.1) is 0 Å². The monoisotopic (exact) mass is 180 g/mol. The van der Waals surface area contributed by atoms with Gasteiger partial charge in [-0.05, 0) is 12.1 Å². The molecule has 2 rings (SSSR count). The average Bonchev–Trinajstić information content (AvgIpc) is 2.61. The molecule has 1 aliphatic heterocycles. The summed E-state index contributed by atoms with van der Waals surface area (Å²) < 4.78 is 5.08. The minimum absolute atomic E-state index is 0.0552. The maximum atomic E-state index is 10.0. The van der Waals surface area contributed by atoms with E-state index in [1.54, 1.807) is 12.1 Å². The first kappa shape index (κ1) is 8.07. The molecular formula is C9H8O4. The van der Waals surface area contributed by atoms with Gasteiger partial charge in [0.1, 0.15) is 19.0 Å². The zero-order valence-electron chi connectivity index (χ0n) is 6.86. The molecule has 0 saturated carbocycles. The molecule has 0 saturated heterocycles. The number of hydrogen-bond acceptors (Lipinski definition) is 4. The van der Waals surface area contributed by atoms with Crippen molar-refractivity contribution >= 4 is 6.29 Å². The third kappa shape index (κ3) is 1.62. The molecule has 0 radical (unpaired) electrons. The molecule has 0 fully saturated rings. The molecule has 0 aliphatic carbocycles. The normalized spacial score (nSPS) is 13.2. The molecule has 0 amide bonds. The highest BCUT2D eigenvalue weighted by atomic mass is 17.2. The van der Waals surface area contributed by atoms with Crippen molar-refractivity contribution in [2.75, 3.05) is 6.61 Å². The summed E-state index contributed by atoms with van der Waals surface area (Å²) in [6.45, 7) is 0.517. The molecule has 1 heterocycles. The van der Waals surface area contributed by atoms with Gasteiger partial charge in [0.2, 0.25) is 0 Å². The molecule has 0 unspecified atom stereocenters. The minimum atomic E-state index is 0.0552. The van der Waals surface area contributed by atoms with E-state index < -0.39 is 0 Å². The summed E-state index contributed by atoms with van der Waals surface area (Å²) in [6.07, 6.45) is 0.699. The largest absolute Gasteiger partial charge is 0.486 e. The van der Waals surface area contributed by atoms with E-state index in [1.165, 1.54) is 0 Å². The second kappa shape index (κ2) is 3.45. The van der Waals surface area contributed by atoms with Crippen molar-refractivity contribution < 1.29 is 19.3 Å². The number of aldehydes is 1. The van der Waals surface area contributed by atoms with Crippen LogP contribution in [0.3, 0.4) is 0 Å². The van der Waals surface area contributed by atoms with Crippen molar-refractivity contribution in [3.05, 3.63) is 23.8 Å². The Morgan fingerprint density at radius 2 is 2.46 bits per heavy atom. The maximum absolute atomic E-state index is 10.0. The zero-order chi connectivity index (χ0) is 9.10. The highest BCUT2D eigenvalue weighted by Gasteiger charge is 2.13. The van der Waals surface area contributed by atoms with Crippen molar-refractivity contribution in [2.24, 2.45) is 0 Å². The molecule has 1 aliphatic rings. The fourth-order valence-electron chi connectivity index (χ4n) is 1.11. The summed E-state index contributed by atoms with van der Waals surface area (Å²) >= 11 is 0. The molecular weight excluding hydrogens is 172 g/mol. The van der Waals surface area contributed by atoms with Gasteiger partial charge in [-0.3, -0.25) is 4.79 Å². The first-order valence-corrected chi connectivity index (χ1v) is 3.89. The van der Waals surface area contributed by atoms with Crippen LogP contribution in [-0.4, -0.2) is 12.9 Å². The maximum Gasteiger partial charge on any atom is 0.174 e. The number of carbonyl (C=O) groups excluding carboxylic acids is 1. The lowest BCUT2D eigenvalue weighted by atomic mass is 10.2. The molecule has 0 bridgehead atoms. The lowest BCUT2D eigenvalue weighted by Gasteiger charge is -2.02. The van der Waals surface area contributed by atoms with Crippen LogP contribution in [0, 0.1) is 0 Å². The summed E-state index contributed by atoms with van der Waals surface area (Å²) in [6, 6.07) is 5.33. The molecule has 13 heavy (non-hydrogen) atoms. The number of carbonyl (C=O) groups is 1. The van der Waals surface area contributed by atoms with Gasteiger partial charge in [0.05, 0.1) is 0 Å². The third-order valence-electron chi connectivity index (χ3n) is 1.72. The van der Waals surface area contributed by atoms with Gasteiger partial charge < -0.3 is 9.62 Å². The summed E-state index contributed by atoms with van der Waals surface area (Å²) in [5, 5.41) is 0. The van der Waals surface area contributed by atoms with Crippen LogP contribution in [0.25, 0.3) is 0 Å². The SMILES string of the molecule is O=CCOc1ccc2c(c1)OOC2. The molecule has 0 spiro atoms. The zero-order valence-corrected chi connectivity index (χ0v) is 6.86. The summed E-state index contributed by atoms with van der Waals surface area (Å²) in [5.41, 5.74) is 0.985. The number of fused-ring (bicyclic) bond motifs is 1. The Morgan fingerprint density at radius 3 is 3.31 bits per heavy atom. The van der Waals surface area contributed by atoms with E-state index in [1.807, 2.05) is 6.07 Å². The minimum Gasteiger partial charge on any atom is -0.486 e. The number of ether oxygens (including phenoxy) is 1. The number of rotatable bonds is 3. The standard InChI is InChI=1S/C9H8O4/c10-3-4-11-8-2-1-7-6-12-13-9(7)5-8/h1-3,5H,4,6H2. The number of hydrogen-bond donors (Lipinski definition) is 0. The highest BCUT2D eigenvalue weighted by molar-refractivity contribution is 5.52. The van der Waals surface area contributed by atoms with Gasteiger partial charge in [0, 0.05) is 11.6 Å². The fraction of sp³-hybridized carbons (Fsp3) is 0.222. The molecule has 68 valence electrons. The van der Waals surface area contributed by atoms with Crippen LogP contribution >= 0.6 is 0 Å². The van der Waals surface area contributed by atoms with Gasteiger partial charge in [-0.1, -0.05) is 0 Å². The Hall–Kier alpha value is -1.55. The molecule has 1 aromatic rings. The second-order valence-corrected chi connectivity index (χ2v) is 2.59. The molecule has 0 aromatic heterocycles. The van der Waals surface area contributed by atoms with E-state index in [2.05, 4.69) is 0 Å². The van der Waals surface area contributed by atoms with E-state index >= 15 is 0 Å². The molecule has 0 atom stereocenters. The van der Waals surface area contributed by atoms with Crippen LogP contribution in [0.2, 0.25) is 0 Å². The lowest BCUT2D eigenvalue weighted by molar-refractivity contribution is -0.194. The Labute approximate surface area is 75.0 Å². The topological polar surface area (TPSA) is 44.8 Å². The van der Waals surface area contributed by atoms with Crippen molar-refractivity contribution in [2.45, 2.75) is 6.61 Å². The van der Waals surface area contributed by atoms with E-state index in [4.69, 9.17) is 14.5 Å². The van der Waals surface area contributed by atoms with Crippen molar-refractivity contribution in [3.8, 4) is 11.5 Å². The van der Waals surface area contributed by atoms with Crippen molar-refractivity contribution in [1.29, 1.82) is 0 Å². The first-order chi connectivity index (χ1) is 6.40. The Kier molecular flexibility index (Phi) is 2.14. The van der Waals surface area contributed by atoms with Crippen LogP contribution in [-0.2, 0) is 16.3 Å². The van der Waals surface area contributed by atoms with Gasteiger partial charge in [-0.2, -0.15) is 4.89 Å². The van der Waals surface area contributed by atoms with Gasteiger partial charge in [-0.25, -0.2) is 0 Å². The van der Waals surface area contributed by atoms with E-state index in [0.717, 1.165) is 5.56 Å². The fourth-order valence-corrected chi connectivity index (χ4v) is 1.11. The van der Waals surface area contributed by atoms with E-state index in [9.17, 15) is 4.79 Å². The van der Waals surface area contributed by atoms with Crippen molar-refractivity contribution in [1.82, 2.24) is 0 Å². The van der Waals surface area contributed by atoms with Gasteiger partial charge >= 0.3 is 0 Å². The van der Waals surface area contributed by atoms with Crippen LogP contribution in [0.1, 0.15) is 5.56 Å². The molecule has 4 nitrogen and oxygen atoms in total. The van der Waals surface area contributed by atoms with Gasteiger partial charge in [0.25, 0.3) is 0 Å². The molecule has 0 N–H and O–H groups in total. The van der Waals surface area contributed by atoms with Crippen LogP contribution in [0.4, 0.5) is 0 Å². The van der Waals surface area contributed by atoms with E-state index in [0.29, 0.717) is 24.4 Å². The first-order valence-electron chi connectivity index (χ1n) is 3.89. The highest BCUT2D eigenvalue weighted by Crippen LogP contribution is 2.29. The predicted octanol–water partition coefficient (Wildman–Crippen LogP) is 1.09. The Morgan fingerprint density at radius 1 is 1.54 bits per heavy atom. The quantitative estimate of drug-likeness (QED) is 0.516. The van der Waals surface area contributed by atoms with Gasteiger partial charge in [0.15, 0.2) is 12.0 Å². The van der Waals surface area contributed by atoms with Crippen LogP contribution in [0.15, 0.2) is 18.2 Å². The van der Waals surface area contributed by atoms with E-state index in [-0.39, 0.29) is 6.61 Å². The Balaban J connectivity index is 2.16.